The Morgan fingerprint density at radius 1 is 1.10 bits per heavy atom. The molecule has 0 aliphatic heterocycles. The van der Waals surface area contributed by atoms with Crippen LogP contribution >= 0.6 is 0 Å². The van der Waals surface area contributed by atoms with Gasteiger partial charge in [-0.25, -0.2) is 0 Å². The molecular formula is C27H37NO2. The number of ketones is 1. The summed E-state index contributed by atoms with van der Waals surface area (Å²) in [5.74, 6) is -0.229. The number of hydrogen-bond acceptors (Lipinski definition) is 2. The second kappa shape index (κ2) is 12.6. The number of carbonyl (C=O) groups is 2. The highest BCUT2D eigenvalue weighted by molar-refractivity contribution is 5.77. The number of carbonyl (C=O) groups excluding carboxylic acids is 2. The van der Waals surface area contributed by atoms with Gasteiger partial charge in [-0.15, -0.1) is 0 Å². The number of nitrogens with two attached hydrogens (primary N) is 1. The third-order valence-corrected chi connectivity index (χ3v) is 5.03. The Labute approximate surface area is 183 Å². The molecule has 0 spiro atoms. The van der Waals surface area contributed by atoms with Crippen molar-refractivity contribution in [1.29, 1.82) is 0 Å². The first-order chi connectivity index (χ1) is 14.5. The van der Waals surface area contributed by atoms with E-state index < -0.39 is 0 Å². The molecule has 0 saturated heterocycles. The second-order valence-corrected chi connectivity index (χ2v) is 7.71. The van der Waals surface area contributed by atoms with E-state index in [2.05, 4.69) is 73.7 Å². The number of rotatable bonds is 9. The smallest absolute Gasteiger partial charge is 0.217 e. The summed E-state index contributed by atoms with van der Waals surface area (Å²) in [5, 5.41) is 0. The van der Waals surface area contributed by atoms with Crippen LogP contribution in [0.25, 0.3) is 11.6 Å². The van der Waals surface area contributed by atoms with Crippen molar-refractivity contribution in [3.63, 3.8) is 0 Å². The van der Waals surface area contributed by atoms with E-state index in [9.17, 15) is 9.59 Å². The SMILES string of the molecule is CC(=O)CCCC(N)=O.CCCC1=CCc2ccc(/C=C\Cc3ccccc3)cc21.[HH].[HH]. The van der Waals surface area contributed by atoms with Crippen molar-refractivity contribution < 1.29 is 12.4 Å². The maximum absolute atomic E-state index is 10.3. The summed E-state index contributed by atoms with van der Waals surface area (Å²) in [7, 11) is 0. The van der Waals surface area contributed by atoms with Crippen LogP contribution in [0.4, 0.5) is 0 Å². The molecule has 3 heteroatoms. The lowest BCUT2D eigenvalue weighted by atomic mass is 9.99. The molecule has 0 unspecified atom stereocenters. The van der Waals surface area contributed by atoms with Crippen LogP contribution in [0.1, 0.15) is 71.1 Å². The average molecular weight is 408 g/mol. The summed E-state index contributed by atoms with van der Waals surface area (Å²) in [5.41, 5.74) is 12.0. The van der Waals surface area contributed by atoms with Gasteiger partial charge in [0.2, 0.25) is 5.91 Å². The average Bonchev–Trinajstić information content (AvgIpc) is 3.11. The summed E-state index contributed by atoms with van der Waals surface area (Å²) in [4.78, 5) is 20.4. The third kappa shape index (κ3) is 8.20. The molecule has 0 bridgehead atoms. The fraction of sp³-hybridized carbons (Fsp3) is 0.333. The predicted molar refractivity (Wildman–Crippen MR) is 130 cm³/mol. The van der Waals surface area contributed by atoms with Gasteiger partial charge in [0.25, 0.3) is 0 Å². The molecule has 1 aliphatic carbocycles. The summed E-state index contributed by atoms with van der Waals surface area (Å²) < 4.78 is 0. The van der Waals surface area contributed by atoms with Gasteiger partial charge < -0.3 is 10.5 Å². The van der Waals surface area contributed by atoms with E-state index in [0.29, 0.717) is 19.3 Å². The first-order valence-electron chi connectivity index (χ1n) is 10.8. The minimum atomic E-state index is -0.337. The van der Waals surface area contributed by atoms with Crippen LogP contribution in [0.3, 0.4) is 0 Å². The number of amides is 1. The molecule has 2 aromatic carbocycles. The number of allylic oxidation sites excluding steroid dienone is 3. The van der Waals surface area contributed by atoms with Crippen LogP contribution in [-0.2, 0) is 22.4 Å². The van der Waals surface area contributed by atoms with E-state index in [-0.39, 0.29) is 14.5 Å². The summed E-state index contributed by atoms with van der Waals surface area (Å²) >= 11 is 0. The topological polar surface area (TPSA) is 60.2 Å². The Balaban J connectivity index is 0.000000756. The molecule has 1 amide bonds. The fourth-order valence-electron chi connectivity index (χ4n) is 3.48. The molecule has 162 valence electrons. The largest absolute Gasteiger partial charge is 0.370 e. The highest BCUT2D eigenvalue weighted by Gasteiger charge is 2.12. The lowest BCUT2D eigenvalue weighted by Crippen LogP contribution is -2.10. The van der Waals surface area contributed by atoms with Gasteiger partial charge in [-0.1, -0.05) is 74.0 Å². The minimum absolute atomic E-state index is 0. The highest BCUT2D eigenvalue weighted by atomic mass is 16.1. The van der Waals surface area contributed by atoms with Crippen LogP contribution in [0.5, 0.6) is 0 Å². The number of primary amides is 1. The quantitative estimate of drug-likeness (QED) is 0.522. The first-order valence-corrected chi connectivity index (χ1v) is 10.8. The van der Waals surface area contributed by atoms with Gasteiger partial charge in [-0.05, 0) is 66.5 Å². The van der Waals surface area contributed by atoms with Crippen LogP contribution < -0.4 is 5.73 Å². The lowest BCUT2D eigenvalue weighted by molar-refractivity contribution is -0.118. The second-order valence-electron chi connectivity index (χ2n) is 7.71. The minimum Gasteiger partial charge on any atom is -0.370 e. The number of hydrogen-bond donors (Lipinski definition) is 1. The predicted octanol–water partition coefficient (Wildman–Crippen LogP) is 6.41. The normalized spacial score (nSPS) is 12.1. The maximum atomic E-state index is 10.3. The molecule has 3 nitrogen and oxygen atoms in total. The molecule has 0 radical (unpaired) electrons. The van der Waals surface area contributed by atoms with Crippen LogP contribution in [-0.4, -0.2) is 11.7 Å². The van der Waals surface area contributed by atoms with Crippen molar-refractivity contribution in [2.24, 2.45) is 5.73 Å². The van der Waals surface area contributed by atoms with Gasteiger partial charge in [0.05, 0.1) is 0 Å². The monoisotopic (exact) mass is 407 g/mol. The molecular weight excluding hydrogens is 370 g/mol. The molecule has 0 saturated carbocycles. The van der Waals surface area contributed by atoms with Gasteiger partial charge in [-0.2, -0.15) is 0 Å². The van der Waals surface area contributed by atoms with E-state index in [0.717, 1.165) is 12.8 Å². The molecule has 2 aromatic rings. The zero-order valence-corrected chi connectivity index (χ0v) is 18.2. The molecule has 30 heavy (non-hydrogen) atoms. The van der Waals surface area contributed by atoms with E-state index in [1.165, 1.54) is 47.6 Å². The van der Waals surface area contributed by atoms with Crippen molar-refractivity contribution in [2.75, 3.05) is 0 Å². The van der Waals surface area contributed by atoms with E-state index in [1.807, 2.05) is 0 Å². The summed E-state index contributed by atoms with van der Waals surface area (Å²) in [6, 6.07) is 17.5. The number of fused-ring (bicyclic) bond motifs is 1. The first kappa shape index (κ1) is 23.3. The van der Waals surface area contributed by atoms with Gasteiger partial charge in [-0.3, -0.25) is 4.79 Å². The summed E-state index contributed by atoms with van der Waals surface area (Å²) in [6.07, 6.45) is 12.8. The molecule has 0 aromatic heterocycles. The molecule has 0 fully saturated rings. The van der Waals surface area contributed by atoms with Crippen LogP contribution in [0, 0.1) is 0 Å². The van der Waals surface area contributed by atoms with E-state index >= 15 is 0 Å². The van der Waals surface area contributed by atoms with Crippen molar-refractivity contribution in [3.05, 3.63) is 82.9 Å². The van der Waals surface area contributed by atoms with E-state index in [4.69, 9.17) is 5.73 Å². The fourth-order valence-corrected chi connectivity index (χ4v) is 3.48. The molecule has 0 heterocycles. The van der Waals surface area contributed by atoms with Gasteiger partial charge in [0, 0.05) is 15.7 Å². The Morgan fingerprint density at radius 3 is 2.53 bits per heavy atom. The Bertz CT molecular complexity index is 891. The van der Waals surface area contributed by atoms with Crippen molar-refractivity contribution in [1.82, 2.24) is 0 Å². The summed E-state index contributed by atoms with van der Waals surface area (Å²) in [6.45, 7) is 3.75. The Morgan fingerprint density at radius 2 is 1.87 bits per heavy atom. The van der Waals surface area contributed by atoms with Crippen LogP contribution in [0.2, 0.25) is 0 Å². The zero-order valence-electron chi connectivity index (χ0n) is 18.2. The highest BCUT2D eigenvalue weighted by Crippen LogP contribution is 2.31. The number of benzene rings is 2. The maximum Gasteiger partial charge on any atom is 0.217 e. The molecule has 1 aliphatic rings. The van der Waals surface area contributed by atoms with Gasteiger partial charge >= 0.3 is 0 Å². The molecule has 3 rings (SSSR count). The zero-order chi connectivity index (χ0) is 21.8. The Hall–Kier alpha value is -2.94. The van der Waals surface area contributed by atoms with Crippen molar-refractivity contribution in [2.45, 2.75) is 58.8 Å². The lowest BCUT2D eigenvalue weighted by Gasteiger charge is -2.06. The van der Waals surface area contributed by atoms with Gasteiger partial charge in [0.1, 0.15) is 5.78 Å². The van der Waals surface area contributed by atoms with Crippen molar-refractivity contribution in [3.8, 4) is 0 Å². The van der Waals surface area contributed by atoms with Crippen molar-refractivity contribution >= 4 is 23.3 Å². The van der Waals surface area contributed by atoms with Crippen LogP contribution in [0.15, 0.2) is 60.7 Å². The molecule has 2 N–H and O–H groups in total. The van der Waals surface area contributed by atoms with Gasteiger partial charge in [0.15, 0.2) is 0 Å². The standard InChI is InChI=1S/C21H22.C6H11NO2.2H2/c1-2-7-19-14-15-20-13-12-18(16-21(19)20)11-6-10-17-8-4-3-5-9-17;1-5(8)3-2-4-6(7)9;;/h3-6,8-9,11-14,16H,2,7,10,15H2,1H3;2-4H2,1H3,(H2,7,9);2*1H/b11-6-;;;. The van der Waals surface area contributed by atoms with E-state index in [1.54, 1.807) is 0 Å². The molecule has 0 atom stereocenters. The number of Topliss-reactive ketones (excluding diaryl/α,β-unsaturated/α-hetero) is 1. The third-order valence-electron chi connectivity index (χ3n) is 5.03. The Kier molecular flexibility index (Phi) is 9.79.